The summed E-state index contributed by atoms with van der Waals surface area (Å²) in [6.45, 7) is 4.13. The molecule has 3 rings (SSSR count). The molecule has 0 aliphatic carbocycles. The third-order valence-corrected chi connectivity index (χ3v) is 4.71. The SMILES string of the molecule is COc1ccc(C(NC(=O)CCc2nc3ccccc3c(=O)[nH]2)C(C)C)cc1. The van der Waals surface area contributed by atoms with Crippen molar-refractivity contribution in [2.24, 2.45) is 5.92 Å². The number of aryl methyl sites for hydroxylation is 1. The van der Waals surface area contributed by atoms with E-state index in [4.69, 9.17) is 4.74 Å². The topological polar surface area (TPSA) is 84.1 Å². The molecular formula is C22H25N3O3. The van der Waals surface area contributed by atoms with E-state index in [0.29, 0.717) is 23.1 Å². The number of hydrogen-bond donors (Lipinski definition) is 2. The van der Waals surface area contributed by atoms with Gasteiger partial charge in [-0.3, -0.25) is 9.59 Å². The van der Waals surface area contributed by atoms with Crippen molar-refractivity contribution in [2.45, 2.75) is 32.7 Å². The fraction of sp³-hybridized carbons (Fsp3) is 0.318. The van der Waals surface area contributed by atoms with Gasteiger partial charge in [-0.25, -0.2) is 4.98 Å². The molecule has 3 aromatic rings. The smallest absolute Gasteiger partial charge is 0.258 e. The van der Waals surface area contributed by atoms with Crippen LogP contribution in [0.5, 0.6) is 5.75 Å². The highest BCUT2D eigenvalue weighted by atomic mass is 16.5. The quantitative estimate of drug-likeness (QED) is 0.659. The highest BCUT2D eigenvalue weighted by molar-refractivity contribution is 5.78. The number of nitrogens with one attached hydrogen (secondary N) is 2. The molecule has 1 aromatic heterocycles. The van der Waals surface area contributed by atoms with Crippen molar-refractivity contribution in [3.05, 3.63) is 70.3 Å². The predicted octanol–water partition coefficient (Wildman–Crippen LogP) is 3.38. The molecule has 0 fully saturated rings. The van der Waals surface area contributed by atoms with Crippen molar-refractivity contribution < 1.29 is 9.53 Å². The van der Waals surface area contributed by atoms with Crippen LogP contribution in [0, 0.1) is 5.92 Å². The van der Waals surface area contributed by atoms with Crippen LogP contribution in [0.25, 0.3) is 10.9 Å². The van der Waals surface area contributed by atoms with Crippen LogP contribution < -0.4 is 15.6 Å². The number of benzene rings is 2. The van der Waals surface area contributed by atoms with E-state index in [1.807, 2.05) is 30.3 Å². The zero-order valence-corrected chi connectivity index (χ0v) is 16.4. The summed E-state index contributed by atoms with van der Waals surface area (Å²) in [5, 5.41) is 3.64. The molecule has 28 heavy (non-hydrogen) atoms. The second kappa shape index (κ2) is 8.69. The fourth-order valence-corrected chi connectivity index (χ4v) is 3.18. The van der Waals surface area contributed by atoms with Gasteiger partial charge in [0, 0.05) is 12.8 Å². The van der Waals surface area contributed by atoms with Crippen molar-refractivity contribution in [3.8, 4) is 5.75 Å². The number of rotatable bonds is 7. The minimum Gasteiger partial charge on any atom is -0.497 e. The van der Waals surface area contributed by atoms with Gasteiger partial charge in [0.2, 0.25) is 5.91 Å². The number of para-hydroxylation sites is 1. The first-order chi connectivity index (χ1) is 13.5. The average Bonchev–Trinajstić information content (AvgIpc) is 2.70. The molecule has 146 valence electrons. The average molecular weight is 379 g/mol. The highest BCUT2D eigenvalue weighted by Crippen LogP contribution is 2.24. The van der Waals surface area contributed by atoms with Crippen LogP contribution in [-0.2, 0) is 11.2 Å². The van der Waals surface area contributed by atoms with E-state index >= 15 is 0 Å². The van der Waals surface area contributed by atoms with Crippen molar-refractivity contribution in [1.82, 2.24) is 15.3 Å². The van der Waals surface area contributed by atoms with E-state index in [2.05, 4.69) is 29.1 Å². The van der Waals surface area contributed by atoms with E-state index in [1.165, 1.54) is 0 Å². The molecule has 1 amide bonds. The summed E-state index contributed by atoms with van der Waals surface area (Å²) in [7, 11) is 1.63. The molecule has 0 spiro atoms. The van der Waals surface area contributed by atoms with E-state index < -0.39 is 0 Å². The zero-order chi connectivity index (χ0) is 20.1. The first-order valence-electron chi connectivity index (χ1n) is 9.39. The van der Waals surface area contributed by atoms with E-state index in [-0.39, 0.29) is 29.8 Å². The van der Waals surface area contributed by atoms with Crippen LogP contribution >= 0.6 is 0 Å². The maximum absolute atomic E-state index is 12.5. The number of H-pyrrole nitrogens is 1. The van der Waals surface area contributed by atoms with Gasteiger partial charge in [0.25, 0.3) is 5.56 Å². The van der Waals surface area contributed by atoms with Gasteiger partial charge in [-0.05, 0) is 35.7 Å². The molecule has 1 heterocycles. The monoisotopic (exact) mass is 379 g/mol. The number of amides is 1. The Labute approximate surface area is 164 Å². The van der Waals surface area contributed by atoms with Crippen LogP contribution in [0.4, 0.5) is 0 Å². The maximum Gasteiger partial charge on any atom is 0.258 e. The van der Waals surface area contributed by atoms with Gasteiger partial charge in [-0.15, -0.1) is 0 Å². The lowest BCUT2D eigenvalue weighted by atomic mass is 9.95. The molecule has 0 aliphatic rings. The van der Waals surface area contributed by atoms with Crippen molar-refractivity contribution >= 4 is 16.8 Å². The summed E-state index contributed by atoms with van der Waals surface area (Å²) in [5.41, 5.74) is 1.49. The Balaban J connectivity index is 1.67. The Bertz CT molecular complexity index is 1010. The lowest BCUT2D eigenvalue weighted by Gasteiger charge is -2.23. The summed E-state index contributed by atoms with van der Waals surface area (Å²) >= 11 is 0. The molecule has 6 heteroatoms. The van der Waals surface area contributed by atoms with Gasteiger partial charge in [-0.1, -0.05) is 38.1 Å². The Morgan fingerprint density at radius 1 is 1.14 bits per heavy atom. The summed E-state index contributed by atoms with van der Waals surface area (Å²) < 4.78 is 5.19. The number of nitrogens with zero attached hydrogens (tertiary/aromatic N) is 1. The molecule has 0 saturated heterocycles. The Morgan fingerprint density at radius 2 is 1.86 bits per heavy atom. The largest absolute Gasteiger partial charge is 0.497 e. The standard InChI is InChI=1S/C22H25N3O3/c1-14(2)21(15-8-10-16(28-3)11-9-15)25-20(26)13-12-19-23-18-7-5-4-6-17(18)22(27)24-19/h4-11,14,21H,12-13H2,1-3H3,(H,25,26)(H,23,24,27). The predicted molar refractivity (Wildman–Crippen MR) is 109 cm³/mol. The van der Waals surface area contributed by atoms with Gasteiger partial charge in [0.1, 0.15) is 11.6 Å². The van der Waals surface area contributed by atoms with E-state index in [9.17, 15) is 9.59 Å². The zero-order valence-electron chi connectivity index (χ0n) is 16.4. The number of carbonyl (C=O) groups is 1. The lowest BCUT2D eigenvalue weighted by Crippen LogP contribution is -2.32. The number of fused-ring (bicyclic) bond motifs is 1. The van der Waals surface area contributed by atoms with E-state index in [1.54, 1.807) is 25.3 Å². The third-order valence-electron chi connectivity index (χ3n) is 4.71. The van der Waals surface area contributed by atoms with Crippen molar-refractivity contribution in [3.63, 3.8) is 0 Å². The molecule has 6 nitrogen and oxygen atoms in total. The molecule has 0 bridgehead atoms. The third kappa shape index (κ3) is 4.57. The Kier molecular flexibility index (Phi) is 6.09. The number of hydrogen-bond acceptors (Lipinski definition) is 4. The van der Waals surface area contributed by atoms with Crippen LogP contribution in [0.1, 0.15) is 37.7 Å². The second-order valence-corrected chi connectivity index (χ2v) is 7.09. The molecular weight excluding hydrogens is 354 g/mol. The summed E-state index contributed by atoms with van der Waals surface area (Å²) in [5.74, 6) is 1.45. The summed E-state index contributed by atoms with van der Waals surface area (Å²) in [4.78, 5) is 31.9. The first kappa shape index (κ1) is 19.6. The molecule has 0 saturated carbocycles. The number of carbonyl (C=O) groups excluding carboxylic acids is 1. The second-order valence-electron chi connectivity index (χ2n) is 7.09. The minimum atomic E-state index is -0.181. The van der Waals surface area contributed by atoms with Crippen LogP contribution in [0.2, 0.25) is 0 Å². The summed E-state index contributed by atoms with van der Waals surface area (Å²) in [6.07, 6.45) is 0.625. The van der Waals surface area contributed by atoms with Gasteiger partial charge < -0.3 is 15.0 Å². The van der Waals surface area contributed by atoms with Crippen molar-refractivity contribution in [2.75, 3.05) is 7.11 Å². The fourth-order valence-electron chi connectivity index (χ4n) is 3.18. The van der Waals surface area contributed by atoms with Gasteiger partial charge in [0.05, 0.1) is 24.1 Å². The van der Waals surface area contributed by atoms with E-state index in [0.717, 1.165) is 11.3 Å². The number of ether oxygens (including phenoxy) is 1. The molecule has 0 aliphatic heterocycles. The molecule has 2 aromatic carbocycles. The van der Waals surface area contributed by atoms with Gasteiger partial charge >= 0.3 is 0 Å². The molecule has 2 N–H and O–H groups in total. The van der Waals surface area contributed by atoms with Crippen molar-refractivity contribution in [1.29, 1.82) is 0 Å². The lowest BCUT2D eigenvalue weighted by molar-refractivity contribution is -0.122. The molecule has 1 atom stereocenters. The first-order valence-corrected chi connectivity index (χ1v) is 9.39. The number of aromatic nitrogens is 2. The maximum atomic E-state index is 12.5. The number of methoxy groups -OCH3 is 1. The highest BCUT2D eigenvalue weighted by Gasteiger charge is 2.18. The van der Waals surface area contributed by atoms with Gasteiger partial charge in [-0.2, -0.15) is 0 Å². The van der Waals surface area contributed by atoms with Gasteiger partial charge in [0.15, 0.2) is 0 Å². The van der Waals surface area contributed by atoms with Crippen LogP contribution in [0.15, 0.2) is 53.3 Å². The summed E-state index contributed by atoms with van der Waals surface area (Å²) in [6, 6.07) is 14.8. The Morgan fingerprint density at radius 3 is 2.54 bits per heavy atom. The Hall–Kier alpha value is -3.15. The number of aromatic amines is 1. The minimum absolute atomic E-state index is 0.0784. The normalized spacial score (nSPS) is 12.1. The molecule has 1 unspecified atom stereocenters. The molecule has 0 radical (unpaired) electrons. The van der Waals surface area contributed by atoms with Crippen LogP contribution in [-0.4, -0.2) is 23.0 Å². The van der Waals surface area contributed by atoms with Crippen LogP contribution in [0.3, 0.4) is 0 Å².